The van der Waals surface area contributed by atoms with E-state index in [9.17, 15) is 8.42 Å². The minimum Gasteiger partial charge on any atom is -0.399 e. The highest BCUT2D eigenvalue weighted by Gasteiger charge is 2.19. The molecule has 0 saturated carbocycles. The zero-order valence-corrected chi connectivity index (χ0v) is 11.7. The van der Waals surface area contributed by atoms with Crippen LogP contribution in [0.4, 0.5) is 11.4 Å². The van der Waals surface area contributed by atoms with E-state index in [1.54, 1.807) is 12.1 Å². The van der Waals surface area contributed by atoms with Crippen LogP contribution in [-0.2, 0) is 10.0 Å². The van der Waals surface area contributed by atoms with Gasteiger partial charge >= 0.3 is 0 Å². The predicted molar refractivity (Wildman–Crippen MR) is 77.8 cm³/mol. The maximum absolute atomic E-state index is 12.3. The highest BCUT2D eigenvalue weighted by Crippen LogP contribution is 2.23. The van der Waals surface area contributed by atoms with Crippen LogP contribution in [0.15, 0.2) is 47.4 Å². The molecule has 0 radical (unpaired) electrons. The number of nitrogens with two attached hydrogens (primary N) is 1. The van der Waals surface area contributed by atoms with Gasteiger partial charge in [0.05, 0.1) is 5.56 Å². The van der Waals surface area contributed by atoms with Crippen LogP contribution < -0.4 is 10.5 Å². The molecule has 2 rings (SSSR count). The molecule has 0 aliphatic carbocycles. The van der Waals surface area contributed by atoms with E-state index in [4.69, 9.17) is 22.6 Å². The van der Waals surface area contributed by atoms with Crippen LogP contribution in [0.25, 0.3) is 0 Å². The first-order chi connectivity index (χ1) is 9.42. The van der Waals surface area contributed by atoms with Gasteiger partial charge in [0.2, 0.25) is 0 Å². The lowest BCUT2D eigenvalue weighted by molar-refractivity contribution is 0.601. The zero-order valence-electron chi connectivity index (χ0n) is 10.2. The number of nitrogen functional groups attached to an aromatic ring is 1. The number of rotatable bonds is 3. The fourth-order valence-electron chi connectivity index (χ4n) is 1.57. The number of halogens is 1. The second-order valence-corrected chi connectivity index (χ2v) is 6.07. The average molecular weight is 308 g/mol. The Bertz CT molecular complexity index is 780. The molecular formula is C13H10ClN3O2S. The quantitative estimate of drug-likeness (QED) is 0.852. The minimum atomic E-state index is -3.89. The van der Waals surface area contributed by atoms with E-state index < -0.39 is 10.0 Å². The molecule has 0 atom stereocenters. The summed E-state index contributed by atoms with van der Waals surface area (Å²) in [5.41, 5.74) is 6.43. The molecule has 0 spiro atoms. The average Bonchev–Trinajstić information content (AvgIpc) is 2.41. The second-order valence-electron chi connectivity index (χ2n) is 3.98. The van der Waals surface area contributed by atoms with Crippen LogP contribution in [0.3, 0.4) is 0 Å². The lowest BCUT2D eigenvalue weighted by Crippen LogP contribution is -2.14. The molecule has 5 nitrogen and oxygen atoms in total. The Labute approximate surface area is 121 Å². The van der Waals surface area contributed by atoms with Crippen LogP contribution in [0.5, 0.6) is 0 Å². The molecule has 0 unspecified atom stereocenters. The summed E-state index contributed by atoms with van der Waals surface area (Å²) < 4.78 is 26.9. The van der Waals surface area contributed by atoms with Gasteiger partial charge in [-0.25, -0.2) is 8.42 Å². The Hall–Kier alpha value is -2.23. The molecule has 0 aromatic heterocycles. The molecule has 7 heteroatoms. The number of nitrogens with zero attached hydrogens (tertiary/aromatic N) is 1. The molecule has 0 amide bonds. The fourth-order valence-corrected chi connectivity index (χ4v) is 3.05. The summed E-state index contributed by atoms with van der Waals surface area (Å²) in [6, 6.07) is 12.1. The molecule has 2 aromatic rings. The molecule has 0 bridgehead atoms. The van der Waals surface area contributed by atoms with Gasteiger partial charge < -0.3 is 5.73 Å². The van der Waals surface area contributed by atoms with E-state index in [2.05, 4.69) is 4.72 Å². The smallest absolute Gasteiger partial charge is 0.263 e. The Balaban J connectivity index is 2.43. The standard InChI is InChI=1S/C13H10ClN3O2S/c14-10-2-1-9(8-15)13(7-10)20(18,19)17-12-5-3-11(16)4-6-12/h1-7,17H,16H2. The van der Waals surface area contributed by atoms with Crippen molar-refractivity contribution in [2.45, 2.75) is 4.90 Å². The number of anilines is 2. The monoisotopic (exact) mass is 307 g/mol. The number of hydrogen-bond acceptors (Lipinski definition) is 4. The van der Waals surface area contributed by atoms with Crippen LogP contribution in [0.1, 0.15) is 5.56 Å². The maximum atomic E-state index is 12.3. The first-order valence-electron chi connectivity index (χ1n) is 5.50. The largest absolute Gasteiger partial charge is 0.399 e. The van der Waals surface area contributed by atoms with E-state index >= 15 is 0 Å². The summed E-state index contributed by atoms with van der Waals surface area (Å²) >= 11 is 5.79. The SMILES string of the molecule is N#Cc1ccc(Cl)cc1S(=O)(=O)Nc1ccc(N)cc1. The molecule has 2 aromatic carbocycles. The van der Waals surface area contributed by atoms with Crippen molar-refractivity contribution < 1.29 is 8.42 Å². The van der Waals surface area contributed by atoms with Gasteiger partial charge in [-0.15, -0.1) is 0 Å². The summed E-state index contributed by atoms with van der Waals surface area (Å²) in [5.74, 6) is 0. The van der Waals surface area contributed by atoms with Gasteiger partial charge in [-0.2, -0.15) is 5.26 Å². The highest BCUT2D eigenvalue weighted by molar-refractivity contribution is 7.92. The van der Waals surface area contributed by atoms with Gasteiger partial charge in [0, 0.05) is 16.4 Å². The molecule has 0 aliphatic rings. The third kappa shape index (κ3) is 3.02. The Morgan fingerprint density at radius 3 is 2.40 bits per heavy atom. The van der Waals surface area contributed by atoms with Crippen molar-refractivity contribution in [1.29, 1.82) is 5.26 Å². The summed E-state index contributed by atoms with van der Waals surface area (Å²) in [6.07, 6.45) is 0. The Morgan fingerprint density at radius 2 is 1.80 bits per heavy atom. The van der Waals surface area contributed by atoms with Gasteiger partial charge in [0.1, 0.15) is 11.0 Å². The lowest BCUT2D eigenvalue weighted by atomic mass is 10.2. The van der Waals surface area contributed by atoms with Crippen LogP contribution >= 0.6 is 11.6 Å². The van der Waals surface area contributed by atoms with Crippen molar-refractivity contribution in [2.75, 3.05) is 10.5 Å². The number of hydrogen-bond donors (Lipinski definition) is 2. The Kier molecular flexibility index (Phi) is 3.84. The molecule has 102 valence electrons. The van der Waals surface area contributed by atoms with E-state index in [1.165, 1.54) is 30.3 Å². The van der Waals surface area contributed by atoms with Crippen molar-refractivity contribution in [3.63, 3.8) is 0 Å². The Morgan fingerprint density at radius 1 is 1.15 bits per heavy atom. The second kappa shape index (κ2) is 5.41. The van der Waals surface area contributed by atoms with Gasteiger partial charge in [-0.1, -0.05) is 11.6 Å². The van der Waals surface area contributed by atoms with Gasteiger partial charge in [0.25, 0.3) is 10.0 Å². The van der Waals surface area contributed by atoms with Crippen molar-refractivity contribution in [1.82, 2.24) is 0 Å². The fraction of sp³-hybridized carbons (Fsp3) is 0. The first-order valence-corrected chi connectivity index (χ1v) is 7.36. The van der Waals surface area contributed by atoms with Gasteiger partial charge in [0.15, 0.2) is 0 Å². The van der Waals surface area contributed by atoms with E-state index in [0.29, 0.717) is 11.4 Å². The first kappa shape index (κ1) is 14.2. The summed E-state index contributed by atoms with van der Waals surface area (Å²) in [7, 11) is -3.89. The van der Waals surface area contributed by atoms with Gasteiger partial charge in [-0.05, 0) is 42.5 Å². The van der Waals surface area contributed by atoms with Gasteiger partial charge in [-0.3, -0.25) is 4.72 Å². The van der Waals surface area contributed by atoms with E-state index in [-0.39, 0.29) is 15.5 Å². The third-order valence-corrected chi connectivity index (χ3v) is 4.17. The summed E-state index contributed by atoms with van der Waals surface area (Å²) in [6.45, 7) is 0. The number of nitrogens with one attached hydrogen (secondary N) is 1. The maximum Gasteiger partial charge on any atom is 0.263 e. The van der Waals surface area contributed by atoms with Crippen LogP contribution in [0, 0.1) is 11.3 Å². The minimum absolute atomic E-state index is 0.0253. The predicted octanol–water partition coefficient (Wildman–Crippen LogP) is 2.59. The molecule has 20 heavy (non-hydrogen) atoms. The summed E-state index contributed by atoms with van der Waals surface area (Å²) in [5, 5.41) is 9.21. The van der Waals surface area contributed by atoms with Crippen molar-refractivity contribution in [2.24, 2.45) is 0 Å². The molecule has 0 aliphatic heterocycles. The zero-order chi connectivity index (χ0) is 14.8. The van der Waals surface area contributed by atoms with Crippen molar-refractivity contribution >= 4 is 33.0 Å². The molecule has 3 N–H and O–H groups in total. The van der Waals surface area contributed by atoms with E-state index in [0.717, 1.165) is 0 Å². The number of benzene rings is 2. The van der Waals surface area contributed by atoms with Crippen LogP contribution in [-0.4, -0.2) is 8.42 Å². The molecule has 0 heterocycles. The van der Waals surface area contributed by atoms with Crippen molar-refractivity contribution in [3.8, 4) is 6.07 Å². The van der Waals surface area contributed by atoms with Crippen molar-refractivity contribution in [3.05, 3.63) is 53.1 Å². The van der Waals surface area contributed by atoms with Crippen LogP contribution in [0.2, 0.25) is 5.02 Å². The third-order valence-electron chi connectivity index (χ3n) is 2.52. The molecular weight excluding hydrogens is 298 g/mol. The number of sulfonamides is 1. The normalized spacial score (nSPS) is 10.8. The lowest BCUT2D eigenvalue weighted by Gasteiger charge is -2.09. The number of nitriles is 1. The topological polar surface area (TPSA) is 96.0 Å². The molecule has 0 saturated heterocycles. The summed E-state index contributed by atoms with van der Waals surface area (Å²) in [4.78, 5) is -0.163. The highest BCUT2D eigenvalue weighted by atomic mass is 35.5. The van der Waals surface area contributed by atoms with E-state index in [1.807, 2.05) is 6.07 Å². The molecule has 0 fully saturated rings.